The van der Waals surface area contributed by atoms with E-state index in [4.69, 9.17) is 0 Å². The number of aromatic nitrogens is 6. The maximum absolute atomic E-state index is 13.1. The zero-order chi connectivity index (χ0) is 16.7. The van der Waals surface area contributed by atoms with Gasteiger partial charge < -0.3 is 4.90 Å². The minimum absolute atomic E-state index is 0.00486. The summed E-state index contributed by atoms with van der Waals surface area (Å²) in [6.07, 6.45) is 2.96. The lowest BCUT2D eigenvalue weighted by Gasteiger charge is -2.34. The van der Waals surface area contributed by atoms with Crippen LogP contribution in [0.3, 0.4) is 0 Å². The first-order valence-corrected chi connectivity index (χ1v) is 8.13. The molecule has 0 radical (unpaired) electrons. The van der Waals surface area contributed by atoms with Crippen molar-refractivity contribution < 1.29 is 4.79 Å². The Bertz CT molecular complexity index is 897. The second-order valence-corrected chi connectivity index (χ2v) is 6.21. The quantitative estimate of drug-likeness (QED) is 0.775. The van der Waals surface area contributed by atoms with E-state index in [9.17, 15) is 4.79 Å². The molecule has 1 saturated heterocycles. The van der Waals surface area contributed by atoms with E-state index in [0.717, 1.165) is 42.7 Å². The van der Waals surface area contributed by atoms with Gasteiger partial charge in [-0.1, -0.05) is 5.21 Å². The van der Waals surface area contributed by atoms with Crippen LogP contribution in [-0.2, 0) is 7.05 Å². The van der Waals surface area contributed by atoms with Crippen molar-refractivity contribution in [3.8, 4) is 0 Å². The van der Waals surface area contributed by atoms with Crippen molar-refractivity contribution in [2.24, 2.45) is 7.05 Å². The number of H-pyrrole nitrogens is 1. The van der Waals surface area contributed by atoms with Gasteiger partial charge in [0.05, 0.1) is 11.6 Å². The van der Waals surface area contributed by atoms with Gasteiger partial charge in [-0.05, 0) is 44.4 Å². The minimum Gasteiger partial charge on any atom is -0.328 e. The molecular formula is C16H19N7O. The molecule has 24 heavy (non-hydrogen) atoms. The van der Waals surface area contributed by atoms with Crippen molar-refractivity contribution in [2.45, 2.75) is 32.2 Å². The van der Waals surface area contributed by atoms with E-state index in [-0.39, 0.29) is 11.9 Å². The predicted octanol–water partition coefficient (Wildman–Crippen LogP) is 1.76. The number of piperidine rings is 1. The first-order valence-electron chi connectivity index (χ1n) is 8.13. The van der Waals surface area contributed by atoms with Crippen LogP contribution in [0.5, 0.6) is 0 Å². The number of aromatic amines is 1. The summed E-state index contributed by atoms with van der Waals surface area (Å²) in [5.74, 6) is 1.47. The molecule has 1 aliphatic heterocycles. The van der Waals surface area contributed by atoms with Crippen molar-refractivity contribution in [3.05, 3.63) is 35.4 Å². The van der Waals surface area contributed by atoms with Crippen molar-refractivity contribution in [1.82, 2.24) is 35.1 Å². The molecule has 0 saturated carbocycles. The highest BCUT2D eigenvalue weighted by molar-refractivity contribution is 5.97. The normalized spacial score (nSPS) is 18.2. The summed E-state index contributed by atoms with van der Waals surface area (Å²) in [4.78, 5) is 19.4. The number of amides is 1. The number of hydrogen-bond acceptors (Lipinski definition) is 5. The van der Waals surface area contributed by atoms with Crippen LogP contribution in [0.2, 0.25) is 0 Å². The van der Waals surface area contributed by atoms with Gasteiger partial charge in [0.1, 0.15) is 11.3 Å². The molecular weight excluding hydrogens is 306 g/mol. The number of nitrogens with zero attached hydrogens (tertiary/aromatic N) is 6. The fourth-order valence-electron chi connectivity index (χ4n) is 3.28. The van der Waals surface area contributed by atoms with E-state index in [1.54, 1.807) is 4.68 Å². The minimum atomic E-state index is -0.0726. The topological polar surface area (TPSA) is 92.6 Å². The Labute approximate surface area is 138 Å². The lowest BCUT2D eigenvalue weighted by Crippen LogP contribution is -2.39. The molecule has 1 N–H and O–H groups in total. The zero-order valence-electron chi connectivity index (χ0n) is 13.7. The Balaban J connectivity index is 1.68. The number of carbonyl (C=O) groups is 1. The Morgan fingerprint density at radius 2 is 2.21 bits per heavy atom. The van der Waals surface area contributed by atoms with Gasteiger partial charge in [-0.15, -0.1) is 5.10 Å². The number of hydrogen-bond donors (Lipinski definition) is 1. The molecule has 1 aromatic carbocycles. The third-order valence-corrected chi connectivity index (χ3v) is 4.53. The lowest BCUT2D eigenvalue weighted by atomic mass is 10.00. The van der Waals surface area contributed by atoms with Crippen LogP contribution < -0.4 is 0 Å². The molecule has 8 heteroatoms. The highest BCUT2D eigenvalue weighted by Gasteiger charge is 2.31. The summed E-state index contributed by atoms with van der Waals surface area (Å²) in [5.41, 5.74) is 2.28. The second-order valence-electron chi connectivity index (χ2n) is 6.21. The van der Waals surface area contributed by atoms with Crippen LogP contribution in [0.1, 0.15) is 47.3 Å². The predicted molar refractivity (Wildman–Crippen MR) is 87.3 cm³/mol. The Hall–Kier alpha value is -2.77. The summed E-state index contributed by atoms with van der Waals surface area (Å²) in [7, 11) is 1.82. The average Bonchev–Trinajstić information content (AvgIpc) is 3.20. The number of rotatable bonds is 2. The van der Waals surface area contributed by atoms with E-state index < -0.39 is 0 Å². The third kappa shape index (κ3) is 2.44. The SMILES string of the molecule is Cc1nc([C@H]2CCCCN2C(=O)c2ccc3nnn(C)c3c2)n[nH]1. The average molecular weight is 325 g/mol. The van der Waals surface area contributed by atoms with Crippen molar-refractivity contribution in [2.75, 3.05) is 6.54 Å². The molecule has 1 amide bonds. The van der Waals surface area contributed by atoms with Gasteiger partial charge in [0, 0.05) is 19.2 Å². The number of fused-ring (bicyclic) bond motifs is 1. The molecule has 0 aliphatic carbocycles. The fourth-order valence-corrected chi connectivity index (χ4v) is 3.28. The standard InChI is InChI=1S/C16H19N7O/c1-10-17-15(20-18-10)13-5-3-4-8-23(13)16(24)11-6-7-12-14(9-11)22(2)21-19-12/h6-7,9,13H,3-5,8H2,1-2H3,(H,17,18,20)/t13-/m1/s1. The molecule has 3 heterocycles. The van der Waals surface area contributed by atoms with Gasteiger partial charge >= 0.3 is 0 Å². The Kier molecular flexibility index (Phi) is 3.51. The van der Waals surface area contributed by atoms with Crippen LogP contribution in [0, 0.1) is 6.92 Å². The third-order valence-electron chi connectivity index (χ3n) is 4.53. The summed E-state index contributed by atoms with van der Waals surface area (Å²) in [5, 5.41) is 15.2. The molecule has 1 fully saturated rings. The number of nitrogens with one attached hydrogen (secondary N) is 1. The summed E-state index contributed by atoms with van der Waals surface area (Å²) >= 11 is 0. The van der Waals surface area contributed by atoms with Crippen LogP contribution in [0.15, 0.2) is 18.2 Å². The molecule has 124 valence electrons. The van der Waals surface area contributed by atoms with Gasteiger partial charge in [0.25, 0.3) is 5.91 Å². The summed E-state index contributed by atoms with van der Waals surface area (Å²) < 4.78 is 1.68. The van der Waals surface area contributed by atoms with Gasteiger partial charge in [0.2, 0.25) is 0 Å². The second kappa shape index (κ2) is 5.70. The smallest absolute Gasteiger partial charge is 0.254 e. The molecule has 4 rings (SSSR count). The number of likely N-dealkylation sites (tertiary alicyclic amines) is 1. The van der Waals surface area contributed by atoms with Gasteiger partial charge in [0.15, 0.2) is 5.82 Å². The zero-order valence-corrected chi connectivity index (χ0v) is 13.7. The lowest BCUT2D eigenvalue weighted by molar-refractivity contribution is 0.0600. The van der Waals surface area contributed by atoms with Gasteiger partial charge in [-0.25, -0.2) is 9.67 Å². The first-order chi connectivity index (χ1) is 11.6. The van der Waals surface area contributed by atoms with Crippen molar-refractivity contribution in [3.63, 3.8) is 0 Å². The molecule has 2 aromatic heterocycles. The Morgan fingerprint density at radius 3 is 3.00 bits per heavy atom. The maximum atomic E-state index is 13.1. The Morgan fingerprint density at radius 1 is 1.33 bits per heavy atom. The number of benzene rings is 1. The number of aryl methyl sites for hydroxylation is 2. The summed E-state index contributed by atoms with van der Waals surface area (Å²) in [6, 6.07) is 5.43. The number of carbonyl (C=O) groups excluding carboxylic acids is 1. The van der Waals surface area contributed by atoms with Gasteiger partial charge in [-0.3, -0.25) is 9.89 Å². The largest absolute Gasteiger partial charge is 0.328 e. The molecule has 8 nitrogen and oxygen atoms in total. The highest BCUT2D eigenvalue weighted by atomic mass is 16.2. The van der Waals surface area contributed by atoms with Gasteiger partial charge in [-0.2, -0.15) is 5.10 Å². The molecule has 0 bridgehead atoms. The van der Waals surface area contributed by atoms with Crippen molar-refractivity contribution >= 4 is 16.9 Å². The molecule has 3 aromatic rings. The molecule has 1 aliphatic rings. The van der Waals surface area contributed by atoms with E-state index in [1.165, 1.54) is 0 Å². The summed E-state index contributed by atoms with van der Waals surface area (Å²) in [6.45, 7) is 2.59. The van der Waals surface area contributed by atoms with E-state index in [2.05, 4.69) is 25.5 Å². The van der Waals surface area contributed by atoms with Crippen molar-refractivity contribution in [1.29, 1.82) is 0 Å². The monoisotopic (exact) mass is 325 g/mol. The first kappa shape index (κ1) is 14.8. The van der Waals surface area contributed by atoms with E-state index in [0.29, 0.717) is 11.4 Å². The molecule has 0 unspecified atom stereocenters. The molecule has 1 atom stereocenters. The van der Waals surface area contributed by atoms with E-state index in [1.807, 2.05) is 37.1 Å². The van der Waals surface area contributed by atoms with Crippen LogP contribution >= 0.6 is 0 Å². The fraction of sp³-hybridized carbons (Fsp3) is 0.438. The van der Waals surface area contributed by atoms with Crippen LogP contribution in [0.4, 0.5) is 0 Å². The maximum Gasteiger partial charge on any atom is 0.254 e. The van der Waals surface area contributed by atoms with E-state index >= 15 is 0 Å². The van der Waals surface area contributed by atoms with Crippen LogP contribution in [-0.4, -0.2) is 47.5 Å². The highest BCUT2D eigenvalue weighted by Crippen LogP contribution is 2.30. The molecule has 0 spiro atoms. The van der Waals surface area contributed by atoms with Crippen LogP contribution in [0.25, 0.3) is 11.0 Å².